The molecule has 0 radical (unpaired) electrons. The molecular formula is C18H15ClN2. The molecule has 3 rings (SSSR count). The van der Waals surface area contributed by atoms with E-state index in [9.17, 15) is 0 Å². The van der Waals surface area contributed by atoms with E-state index in [0.29, 0.717) is 5.15 Å². The second-order valence-corrected chi connectivity index (χ2v) is 5.51. The van der Waals surface area contributed by atoms with Gasteiger partial charge >= 0.3 is 0 Å². The molecule has 0 aliphatic carbocycles. The van der Waals surface area contributed by atoms with Gasteiger partial charge in [0.1, 0.15) is 5.15 Å². The van der Waals surface area contributed by atoms with Gasteiger partial charge in [0.15, 0.2) is 0 Å². The van der Waals surface area contributed by atoms with Gasteiger partial charge in [0.05, 0.1) is 17.4 Å². The lowest BCUT2D eigenvalue weighted by Crippen LogP contribution is -1.92. The minimum Gasteiger partial charge on any atom is -0.246 e. The van der Waals surface area contributed by atoms with E-state index >= 15 is 0 Å². The average molecular weight is 295 g/mol. The SMILES string of the molecule is C=Cc1ccc(C)c(-c2cc(C)c3cc(Cl)ncc3n2)c1. The van der Waals surface area contributed by atoms with Gasteiger partial charge in [-0.3, -0.25) is 0 Å². The Labute approximate surface area is 129 Å². The summed E-state index contributed by atoms with van der Waals surface area (Å²) < 4.78 is 0. The van der Waals surface area contributed by atoms with Crippen LogP contribution in [0.15, 0.2) is 43.1 Å². The van der Waals surface area contributed by atoms with Gasteiger partial charge in [-0.1, -0.05) is 36.4 Å². The number of aromatic nitrogens is 2. The number of pyridine rings is 2. The molecule has 104 valence electrons. The molecule has 1 aromatic carbocycles. The summed E-state index contributed by atoms with van der Waals surface area (Å²) in [5, 5.41) is 1.53. The Kier molecular flexibility index (Phi) is 3.48. The number of rotatable bonds is 2. The molecule has 0 amide bonds. The molecule has 2 aromatic heterocycles. The average Bonchev–Trinajstić information content (AvgIpc) is 2.48. The first kappa shape index (κ1) is 13.8. The van der Waals surface area contributed by atoms with Crippen molar-refractivity contribution in [2.75, 3.05) is 0 Å². The first-order valence-corrected chi connectivity index (χ1v) is 7.12. The van der Waals surface area contributed by atoms with E-state index in [1.807, 2.05) is 12.1 Å². The Morgan fingerprint density at radius 1 is 1.10 bits per heavy atom. The highest BCUT2D eigenvalue weighted by Gasteiger charge is 2.08. The number of nitrogens with zero attached hydrogens (tertiary/aromatic N) is 2. The quantitative estimate of drug-likeness (QED) is 0.606. The van der Waals surface area contributed by atoms with Gasteiger partial charge in [-0.15, -0.1) is 0 Å². The fraction of sp³-hybridized carbons (Fsp3) is 0.111. The van der Waals surface area contributed by atoms with Crippen LogP contribution in [0.4, 0.5) is 0 Å². The van der Waals surface area contributed by atoms with Crippen LogP contribution >= 0.6 is 11.6 Å². The van der Waals surface area contributed by atoms with Gasteiger partial charge in [0.2, 0.25) is 0 Å². The topological polar surface area (TPSA) is 25.8 Å². The van der Waals surface area contributed by atoms with Gasteiger partial charge < -0.3 is 0 Å². The third-order valence-corrected chi connectivity index (χ3v) is 3.85. The summed E-state index contributed by atoms with van der Waals surface area (Å²) >= 11 is 5.96. The zero-order valence-electron chi connectivity index (χ0n) is 12.0. The van der Waals surface area contributed by atoms with Crippen molar-refractivity contribution in [1.82, 2.24) is 9.97 Å². The van der Waals surface area contributed by atoms with Crippen molar-refractivity contribution >= 4 is 28.6 Å². The molecule has 0 N–H and O–H groups in total. The molecule has 2 heterocycles. The Balaban J connectivity index is 2.26. The Bertz CT molecular complexity index is 853. The van der Waals surface area contributed by atoms with Crippen molar-refractivity contribution in [3.8, 4) is 11.3 Å². The molecule has 0 unspecified atom stereocenters. The summed E-state index contributed by atoms with van der Waals surface area (Å²) in [7, 11) is 0. The molecule has 0 atom stereocenters. The zero-order chi connectivity index (χ0) is 15.0. The van der Waals surface area contributed by atoms with Gasteiger partial charge in [-0.05, 0) is 48.7 Å². The maximum atomic E-state index is 5.96. The number of hydrogen-bond acceptors (Lipinski definition) is 2. The Morgan fingerprint density at radius 3 is 2.67 bits per heavy atom. The molecule has 21 heavy (non-hydrogen) atoms. The lowest BCUT2D eigenvalue weighted by Gasteiger charge is -2.10. The van der Waals surface area contributed by atoms with Crippen molar-refractivity contribution in [1.29, 1.82) is 0 Å². The third kappa shape index (κ3) is 2.55. The number of benzene rings is 1. The lowest BCUT2D eigenvalue weighted by atomic mass is 10.00. The molecule has 3 heteroatoms. The fourth-order valence-electron chi connectivity index (χ4n) is 2.45. The maximum Gasteiger partial charge on any atom is 0.129 e. The van der Waals surface area contributed by atoms with Crippen LogP contribution in [0.1, 0.15) is 16.7 Å². The minimum atomic E-state index is 0.491. The Hall–Kier alpha value is -2.19. The monoisotopic (exact) mass is 294 g/mol. The van der Waals surface area contributed by atoms with E-state index in [4.69, 9.17) is 16.6 Å². The molecule has 0 saturated heterocycles. The highest BCUT2D eigenvalue weighted by Crippen LogP contribution is 2.28. The molecule has 0 spiro atoms. The number of aryl methyl sites for hydroxylation is 2. The van der Waals surface area contributed by atoms with Crippen LogP contribution in [0, 0.1) is 13.8 Å². The van der Waals surface area contributed by atoms with Crippen LogP contribution in [0.25, 0.3) is 28.2 Å². The van der Waals surface area contributed by atoms with Crippen molar-refractivity contribution in [2.45, 2.75) is 13.8 Å². The zero-order valence-corrected chi connectivity index (χ0v) is 12.8. The van der Waals surface area contributed by atoms with Crippen LogP contribution in [-0.2, 0) is 0 Å². The standard InChI is InChI=1S/C18H15ClN2/c1-4-13-6-5-11(2)14(8-13)16-7-12(3)15-9-18(19)20-10-17(15)21-16/h4-10H,1H2,2-3H3. The molecule has 0 aliphatic rings. The second-order valence-electron chi connectivity index (χ2n) is 5.13. The Morgan fingerprint density at radius 2 is 1.90 bits per heavy atom. The van der Waals surface area contributed by atoms with E-state index in [1.54, 1.807) is 6.20 Å². The summed E-state index contributed by atoms with van der Waals surface area (Å²) in [4.78, 5) is 8.85. The van der Waals surface area contributed by atoms with E-state index in [1.165, 1.54) is 5.56 Å². The minimum absolute atomic E-state index is 0.491. The summed E-state index contributed by atoms with van der Waals surface area (Å²) in [5.41, 5.74) is 6.34. The predicted octanol–water partition coefficient (Wildman–Crippen LogP) is 5.21. The summed E-state index contributed by atoms with van der Waals surface area (Å²) in [5.74, 6) is 0. The molecule has 0 bridgehead atoms. The van der Waals surface area contributed by atoms with Gasteiger partial charge in [0, 0.05) is 10.9 Å². The van der Waals surface area contributed by atoms with Crippen LogP contribution in [0.3, 0.4) is 0 Å². The predicted molar refractivity (Wildman–Crippen MR) is 89.5 cm³/mol. The highest BCUT2D eigenvalue weighted by atomic mass is 35.5. The van der Waals surface area contributed by atoms with Crippen molar-refractivity contribution in [3.63, 3.8) is 0 Å². The van der Waals surface area contributed by atoms with Gasteiger partial charge in [0.25, 0.3) is 0 Å². The summed E-state index contributed by atoms with van der Waals surface area (Å²) in [6.45, 7) is 7.98. The van der Waals surface area contributed by atoms with E-state index in [0.717, 1.165) is 33.3 Å². The first-order valence-electron chi connectivity index (χ1n) is 6.75. The molecule has 3 aromatic rings. The van der Waals surface area contributed by atoms with Crippen LogP contribution in [0.2, 0.25) is 5.15 Å². The van der Waals surface area contributed by atoms with E-state index < -0.39 is 0 Å². The number of fused-ring (bicyclic) bond motifs is 1. The van der Waals surface area contributed by atoms with Crippen LogP contribution in [0.5, 0.6) is 0 Å². The normalized spacial score (nSPS) is 10.8. The molecule has 2 nitrogen and oxygen atoms in total. The highest BCUT2D eigenvalue weighted by molar-refractivity contribution is 6.30. The lowest BCUT2D eigenvalue weighted by molar-refractivity contribution is 1.28. The maximum absolute atomic E-state index is 5.96. The van der Waals surface area contributed by atoms with Gasteiger partial charge in [-0.2, -0.15) is 0 Å². The summed E-state index contributed by atoms with van der Waals surface area (Å²) in [6.07, 6.45) is 3.57. The van der Waals surface area contributed by atoms with Crippen molar-refractivity contribution < 1.29 is 0 Å². The smallest absolute Gasteiger partial charge is 0.129 e. The van der Waals surface area contributed by atoms with Gasteiger partial charge in [-0.25, -0.2) is 9.97 Å². The van der Waals surface area contributed by atoms with Crippen LogP contribution in [-0.4, -0.2) is 9.97 Å². The number of halogens is 1. The molecule has 0 aliphatic heterocycles. The van der Waals surface area contributed by atoms with Crippen LogP contribution < -0.4 is 0 Å². The fourth-order valence-corrected chi connectivity index (χ4v) is 2.61. The molecular weight excluding hydrogens is 280 g/mol. The van der Waals surface area contributed by atoms with E-state index in [-0.39, 0.29) is 0 Å². The number of hydrogen-bond donors (Lipinski definition) is 0. The summed E-state index contributed by atoms with van der Waals surface area (Å²) in [6, 6.07) is 10.2. The molecule has 0 fully saturated rings. The van der Waals surface area contributed by atoms with Crippen molar-refractivity contribution in [3.05, 3.63) is 65.0 Å². The molecule has 0 saturated carbocycles. The second kappa shape index (κ2) is 5.30. The first-order chi connectivity index (χ1) is 10.1. The van der Waals surface area contributed by atoms with E-state index in [2.05, 4.69) is 49.7 Å². The van der Waals surface area contributed by atoms with Crippen molar-refractivity contribution in [2.24, 2.45) is 0 Å². The third-order valence-electron chi connectivity index (χ3n) is 3.64. The largest absolute Gasteiger partial charge is 0.246 e.